The van der Waals surface area contributed by atoms with Crippen molar-refractivity contribution >= 4 is 0 Å². The first-order valence-electron chi connectivity index (χ1n) is 5.82. The number of halogens is 2. The minimum atomic E-state index is -0.747. The predicted octanol–water partition coefficient (Wildman–Crippen LogP) is 2.82. The topological polar surface area (TPSA) is 12.0 Å². The van der Waals surface area contributed by atoms with Crippen molar-refractivity contribution in [3.8, 4) is 0 Å². The van der Waals surface area contributed by atoms with Crippen LogP contribution in [0.4, 0.5) is 8.78 Å². The Bertz CT molecular complexity index is 370. The fourth-order valence-corrected chi connectivity index (χ4v) is 2.32. The van der Waals surface area contributed by atoms with Gasteiger partial charge in [-0.25, -0.2) is 8.78 Å². The molecule has 1 unspecified atom stereocenters. The van der Waals surface area contributed by atoms with Crippen LogP contribution >= 0.6 is 0 Å². The summed E-state index contributed by atoms with van der Waals surface area (Å²) in [5.74, 6) is -0.926. The summed E-state index contributed by atoms with van der Waals surface area (Å²) in [4.78, 5) is 0. The molecule has 1 aromatic carbocycles. The standard InChI is InChI=1S/C13H17F2N/c1-9-5-12(14)13(15)7-11(9)6-10-3-2-4-16-8-10/h5,7,10,16H,2-4,6,8H2,1H3. The van der Waals surface area contributed by atoms with E-state index in [9.17, 15) is 8.78 Å². The summed E-state index contributed by atoms with van der Waals surface area (Å²) in [5, 5.41) is 3.33. The van der Waals surface area contributed by atoms with E-state index in [2.05, 4.69) is 5.32 Å². The van der Waals surface area contributed by atoms with Gasteiger partial charge in [0.25, 0.3) is 0 Å². The van der Waals surface area contributed by atoms with Gasteiger partial charge in [-0.3, -0.25) is 0 Å². The van der Waals surface area contributed by atoms with E-state index in [0.717, 1.165) is 30.6 Å². The maximum absolute atomic E-state index is 13.1. The molecule has 0 radical (unpaired) electrons. The highest BCUT2D eigenvalue weighted by atomic mass is 19.2. The fraction of sp³-hybridized carbons (Fsp3) is 0.538. The van der Waals surface area contributed by atoms with Gasteiger partial charge in [0.05, 0.1) is 0 Å². The zero-order valence-electron chi connectivity index (χ0n) is 9.52. The Hall–Kier alpha value is -0.960. The van der Waals surface area contributed by atoms with E-state index in [-0.39, 0.29) is 0 Å². The van der Waals surface area contributed by atoms with Crippen LogP contribution in [0.15, 0.2) is 12.1 Å². The van der Waals surface area contributed by atoms with E-state index < -0.39 is 11.6 Å². The molecular formula is C13H17F2N. The molecule has 0 saturated carbocycles. The van der Waals surface area contributed by atoms with Gasteiger partial charge >= 0.3 is 0 Å². The van der Waals surface area contributed by atoms with Gasteiger partial charge in [0.2, 0.25) is 0 Å². The van der Waals surface area contributed by atoms with Gasteiger partial charge in [-0.05, 0) is 68.5 Å². The highest BCUT2D eigenvalue weighted by Crippen LogP contribution is 2.21. The molecule has 1 atom stereocenters. The molecule has 0 aliphatic carbocycles. The normalized spacial score (nSPS) is 21.1. The van der Waals surface area contributed by atoms with E-state index >= 15 is 0 Å². The predicted molar refractivity (Wildman–Crippen MR) is 60.4 cm³/mol. The lowest BCUT2D eigenvalue weighted by atomic mass is 9.90. The second kappa shape index (κ2) is 4.91. The van der Waals surface area contributed by atoms with Crippen molar-refractivity contribution < 1.29 is 8.78 Å². The molecular weight excluding hydrogens is 208 g/mol. The van der Waals surface area contributed by atoms with Gasteiger partial charge in [-0.2, -0.15) is 0 Å². The number of benzene rings is 1. The minimum absolute atomic E-state index is 0.553. The lowest BCUT2D eigenvalue weighted by molar-refractivity contribution is 0.374. The number of piperidine rings is 1. The van der Waals surface area contributed by atoms with Crippen LogP contribution in [0.3, 0.4) is 0 Å². The van der Waals surface area contributed by atoms with Gasteiger partial charge in [0.15, 0.2) is 11.6 Å². The van der Waals surface area contributed by atoms with Crippen LogP contribution < -0.4 is 5.32 Å². The highest BCUT2D eigenvalue weighted by molar-refractivity contribution is 5.28. The van der Waals surface area contributed by atoms with Crippen LogP contribution in [0.2, 0.25) is 0 Å². The van der Waals surface area contributed by atoms with Crippen molar-refractivity contribution in [2.75, 3.05) is 13.1 Å². The lowest BCUT2D eigenvalue weighted by Gasteiger charge is -2.23. The lowest BCUT2D eigenvalue weighted by Crippen LogP contribution is -2.31. The first-order chi connectivity index (χ1) is 7.66. The van der Waals surface area contributed by atoms with Gasteiger partial charge in [0, 0.05) is 0 Å². The van der Waals surface area contributed by atoms with Crippen LogP contribution in [0, 0.1) is 24.5 Å². The van der Waals surface area contributed by atoms with Crippen molar-refractivity contribution in [1.82, 2.24) is 5.32 Å². The van der Waals surface area contributed by atoms with Crippen LogP contribution in [-0.2, 0) is 6.42 Å². The molecule has 0 aromatic heterocycles. The smallest absolute Gasteiger partial charge is 0.159 e. The number of hydrogen-bond acceptors (Lipinski definition) is 1. The highest BCUT2D eigenvalue weighted by Gasteiger charge is 2.15. The molecule has 1 nitrogen and oxygen atoms in total. The summed E-state index contributed by atoms with van der Waals surface area (Å²) in [6, 6.07) is 2.64. The average Bonchev–Trinajstić information content (AvgIpc) is 2.27. The maximum Gasteiger partial charge on any atom is 0.159 e. The van der Waals surface area contributed by atoms with Crippen LogP contribution in [0.1, 0.15) is 24.0 Å². The maximum atomic E-state index is 13.1. The fourth-order valence-electron chi connectivity index (χ4n) is 2.32. The molecule has 1 N–H and O–H groups in total. The Kier molecular flexibility index (Phi) is 3.54. The second-order valence-corrected chi connectivity index (χ2v) is 4.61. The van der Waals surface area contributed by atoms with Crippen molar-refractivity contribution in [2.45, 2.75) is 26.2 Å². The van der Waals surface area contributed by atoms with E-state index in [0.29, 0.717) is 5.92 Å². The molecule has 3 heteroatoms. The van der Waals surface area contributed by atoms with E-state index in [1.54, 1.807) is 0 Å². The molecule has 1 heterocycles. The van der Waals surface area contributed by atoms with E-state index in [1.165, 1.54) is 25.0 Å². The average molecular weight is 225 g/mol. The summed E-state index contributed by atoms with van der Waals surface area (Å²) >= 11 is 0. The molecule has 0 amide bonds. The number of aryl methyl sites for hydroxylation is 1. The van der Waals surface area contributed by atoms with Crippen molar-refractivity contribution in [3.05, 3.63) is 34.9 Å². The Labute approximate surface area is 94.9 Å². The molecule has 0 spiro atoms. The molecule has 16 heavy (non-hydrogen) atoms. The summed E-state index contributed by atoms with van der Waals surface area (Å²) < 4.78 is 26.1. The monoisotopic (exact) mass is 225 g/mol. The van der Waals surface area contributed by atoms with Crippen molar-refractivity contribution in [2.24, 2.45) is 5.92 Å². The first-order valence-corrected chi connectivity index (χ1v) is 5.82. The Morgan fingerprint density at radius 1 is 1.31 bits per heavy atom. The minimum Gasteiger partial charge on any atom is -0.316 e. The van der Waals surface area contributed by atoms with E-state index in [1.807, 2.05) is 6.92 Å². The second-order valence-electron chi connectivity index (χ2n) is 4.61. The molecule has 1 aliphatic heterocycles. The zero-order chi connectivity index (χ0) is 11.5. The Morgan fingerprint density at radius 3 is 2.75 bits per heavy atom. The van der Waals surface area contributed by atoms with Crippen LogP contribution in [0.5, 0.6) is 0 Å². The quantitative estimate of drug-likeness (QED) is 0.816. The molecule has 88 valence electrons. The van der Waals surface area contributed by atoms with Gasteiger partial charge in [0.1, 0.15) is 0 Å². The third-order valence-electron chi connectivity index (χ3n) is 3.29. The first kappa shape index (κ1) is 11.5. The summed E-state index contributed by atoms with van der Waals surface area (Å²) in [6.45, 7) is 3.90. The van der Waals surface area contributed by atoms with Crippen LogP contribution in [0.25, 0.3) is 0 Å². The third kappa shape index (κ3) is 2.59. The number of rotatable bonds is 2. The molecule has 2 rings (SSSR count). The molecule has 1 saturated heterocycles. The SMILES string of the molecule is Cc1cc(F)c(F)cc1CC1CCCNC1. The van der Waals surface area contributed by atoms with Crippen molar-refractivity contribution in [1.29, 1.82) is 0 Å². The van der Waals surface area contributed by atoms with Gasteiger partial charge in [-0.15, -0.1) is 0 Å². The summed E-state index contributed by atoms with van der Waals surface area (Å²) in [5.41, 5.74) is 1.79. The summed E-state index contributed by atoms with van der Waals surface area (Å²) in [6.07, 6.45) is 3.19. The Morgan fingerprint density at radius 2 is 2.06 bits per heavy atom. The number of hydrogen-bond donors (Lipinski definition) is 1. The van der Waals surface area contributed by atoms with Crippen LogP contribution in [-0.4, -0.2) is 13.1 Å². The zero-order valence-corrected chi connectivity index (χ0v) is 9.52. The molecule has 1 fully saturated rings. The molecule has 1 aromatic rings. The van der Waals surface area contributed by atoms with E-state index in [4.69, 9.17) is 0 Å². The van der Waals surface area contributed by atoms with Gasteiger partial charge in [-0.1, -0.05) is 0 Å². The summed E-state index contributed by atoms with van der Waals surface area (Å²) in [7, 11) is 0. The number of nitrogens with one attached hydrogen (secondary N) is 1. The molecule has 1 aliphatic rings. The molecule has 0 bridgehead atoms. The van der Waals surface area contributed by atoms with Gasteiger partial charge < -0.3 is 5.32 Å². The third-order valence-corrected chi connectivity index (χ3v) is 3.29. The largest absolute Gasteiger partial charge is 0.316 e. The van der Waals surface area contributed by atoms with Crippen molar-refractivity contribution in [3.63, 3.8) is 0 Å². The Balaban J connectivity index is 2.11.